The third kappa shape index (κ3) is 4.92. The Morgan fingerprint density at radius 1 is 1.00 bits per heavy atom. The van der Waals surface area contributed by atoms with E-state index in [1.54, 1.807) is 9.80 Å². The van der Waals surface area contributed by atoms with Gasteiger partial charge in [-0.2, -0.15) is 4.31 Å². The van der Waals surface area contributed by atoms with Crippen LogP contribution in [0.15, 0.2) is 23.1 Å². The molecule has 3 rings (SSSR count). The first-order valence-electron chi connectivity index (χ1n) is 10.1. The van der Waals surface area contributed by atoms with Crippen LogP contribution in [0.5, 0.6) is 0 Å². The molecule has 2 aliphatic rings. The summed E-state index contributed by atoms with van der Waals surface area (Å²) in [5.74, 6) is 0.0922. The van der Waals surface area contributed by atoms with Gasteiger partial charge in [0.2, 0.25) is 15.9 Å². The van der Waals surface area contributed by atoms with Crippen molar-refractivity contribution in [1.82, 2.24) is 14.1 Å². The minimum Gasteiger partial charge on any atom is -0.339 e. The summed E-state index contributed by atoms with van der Waals surface area (Å²) in [6.07, 6.45) is 2.19. The molecule has 2 fully saturated rings. The molecule has 1 aromatic carbocycles. The lowest BCUT2D eigenvalue weighted by molar-refractivity contribution is -0.133. The van der Waals surface area contributed by atoms with Gasteiger partial charge in [0.1, 0.15) is 0 Å². The van der Waals surface area contributed by atoms with E-state index < -0.39 is 10.0 Å². The first-order chi connectivity index (χ1) is 13.7. The molecule has 0 saturated carbocycles. The smallest absolute Gasteiger partial charge is 0.255 e. The van der Waals surface area contributed by atoms with Crippen molar-refractivity contribution in [3.8, 4) is 0 Å². The summed E-state index contributed by atoms with van der Waals surface area (Å²) in [5, 5.41) is 0.230. The molecule has 160 valence electrons. The molecule has 2 saturated heterocycles. The summed E-state index contributed by atoms with van der Waals surface area (Å²) in [6, 6.07) is 4.31. The molecule has 0 unspecified atom stereocenters. The van der Waals surface area contributed by atoms with Crippen LogP contribution in [0.2, 0.25) is 5.02 Å². The van der Waals surface area contributed by atoms with Crippen LogP contribution in [0.1, 0.15) is 43.5 Å². The molecule has 0 radical (unpaired) electrons. The molecular weight excluding hydrogens is 414 g/mol. The van der Waals surface area contributed by atoms with Crippen molar-refractivity contribution < 1.29 is 18.0 Å². The van der Waals surface area contributed by atoms with Crippen molar-refractivity contribution in [2.75, 3.05) is 39.3 Å². The van der Waals surface area contributed by atoms with Crippen molar-refractivity contribution in [3.63, 3.8) is 0 Å². The summed E-state index contributed by atoms with van der Waals surface area (Å²) in [4.78, 5) is 28.7. The number of amides is 2. The fourth-order valence-electron chi connectivity index (χ4n) is 3.71. The highest BCUT2D eigenvalue weighted by Gasteiger charge is 2.30. The maximum Gasteiger partial charge on any atom is 0.255 e. The Labute approximate surface area is 177 Å². The Bertz CT molecular complexity index is 874. The quantitative estimate of drug-likeness (QED) is 0.703. The zero-order valence-corrected chi connectivity index (χ0v) is 18.5. The molecule has 0 bridgehead atoms. The van der Waals surface area contributed by atoms with Gasteiger partial charge in [0.05, 0.1) is 15.5 Å². The average molecular weight is 442 g/mol. The number of rotatable bonds is 5. The van der Waals surface area contributed by atoms with Gasteiger partial charge >= 0.3 is 0 Å². The van der Waals surface area contributed by atoms with E-state index in [9.17, 15) is 18.0 Å². The van der Waals surface area contributed by atoms with Crippen LogP contribution >= 0.6 is 11.6 Å². The lowest BCUT2D eigenvalue weighted by Crippen LogP contribution is -2.50. The minimum atomic E-state index is -3.62. The van der Waals surface area contributed by atoms with E-state index in [-0.39, 0.29) is 27.3 Å². The first-order valence-corrected chi connectivity index (χ1v) is 11.9. The molecule has 29 heavy (non-hydrogen) atoms. The molecule has 9 heteroatoms. The van der Waals surface area contributed by atoms with E-state index in [1.807, 2.05) is 13.8 Å². The van der Waals surface area contributed by atoms with Crippen LogP contribution in [-0.4, -0.2) is 73.6 Å². The first kappa shape index (κ1) is 22.1. The lowest BCUT2D eigenvalue weighted by Gasteiger charge is -2.35. The number of carbonyl (C=O) groups excluding carboxylic acids is 2. The van der Waals surface area contributed by atoms with Gasteiger partial charge in [-0.05, 0) is 37.0 Å². The zero-order valence-electron chi connectivity index (χ0n) is 16.9. The van der Waals surface area contributed by atoms with Gasteiger partial charge in [-0.3, -0.25) is 9.59 Å². The number of halogens is 1. The fourth-order valence-corrected chi connectivity index (χ4v) is 5.46. The molecule has 7 nitrogen and oxygen atoms in total. The molecular formula is C20H28ClN3O4S. The van der Waals surface area contributed by atoms with Crippen LogP contribution < -0.4 is 0 Å². The number of sulfonamides is 1. The molecule has 0 aromatic heterocycles. The third-order valence-corrected chi connectivity index (χ3v) is 7.60. The second-order valence-corrected chi connectivity index (χ2v) is 10.4. The molecule has 2 heterocycles. The van der Waals surface area contributed by atoms with Gasteiger partial charge in [0, 0.05) is 45.7 Å². The van der Waals surface area contributed by atoms with Crippen molar-refractivity contribution in [3.05, 3.63) is 28.8 Å². The van der Waals surface area contributed by atoms with Gasteiger partial charge in [-0.15, -0.1) is 0 Å². The Kier molecular flexibility index (Phi) is 6.86. The zero-order chi connectivity index (χ0) is 21.2. The minimum absolute atomic E-state index is 0.0953. The van der Waals surface area contributed by atoms with Gasteiger partial charge in [0.15, 0.2) is 0 Å². The average Bonchev–Trinajstić information content (AvgIpc) is 3.23. The van der Waals surface area contributed by atoms with Crippen molar-refractivity contribution in [1.29, 1.82) is 0 Å². The maximum absolute atomic E-state index is 13.0. The topological polar surface area (TPSA) is 78.0 Å². The van der Waals surface area contributed by atoms with Crippen molar-refractivity contribution >= 4 is 33.4 Å². The van der Waals surface area contributed by atoms with Crippen LogP contribution in [0.4, 0.5) is 0 Å². The predicted octanol–water partition coefficient (Wildman–Crippen LogP) is 2.46. The predicted molar refractivity (Wildman–Crippen MR) is 111 cm³/mol. The second-order valence-electron chi connectivity index (χ2n) is 8.02. The Morgan fingerprint density at radius 2 is 1.59 bits per heavy atom. The van der Waals surface area contributed by atoms with Crippen molar-refractivity contribution in [2.45, 2.75) is 38.0 Å². The standard InChI is InChI=1S/C20H28ClN3O4S/c1-15(2)13-19(25)22-9-11-23(12-10-22)20(26)17-14-16(5-6-18(17)21)29(27,28)24-7-3-4-8-24/h5-6,14-15H,3-4,7-13H2,1-2H3. The highest BCUT2D eigenvalue weighted by Crippen LogP contribution is 2.26. The van der Waals surface area contributed by atoms with Crippen LogP contribution in [0.25, 0.3) is 0 Å². The summed E-state index contributed by atoms with van der Waals surface area (Å²) >= 11 is 6.24. The van der Waals surface area contributed by atoms with Gasteiger partial charge in [-0.25, -0.2) is 8.42 Å². The Hall–Kier alpha value is -1.64. The number of hydrogen-bond donors (Lipinski definition) is 0. The van der Waals surface area contributed by atoms with E-state index in [0.717, 1.165) is 12.8 Å². The molecule has 1 aromatic rings. The highest BCUT2D eigenvalue weighted by atomic mass is 35.5. The van der Waals surface area contributed by atoms with E-state index in [2.05, 4.69) is 0 Å². The summed E-state index contributed by atoms with van der Waals surface area (Å²) in [5.41, 5.74) is 0.189. The van der Waals surface area contributed by atoms with E-state index in [4.69, 9.17) is 11.6 Å². The maximum atomic E-state index is 13.0. The fraction of sp³-hybridized carbons (Fsp3) is 0.600. The molecule has 0 atom stereocenters. The van der Waals surface area contributed by atoms with E-state index >= 15 is 0 Å². The largest absolute Gasteiger partial charge is 0.339 e. The monoisotopic (exact) mass is 441 g/mol. The molecule has 0 spiro atoms. The van der Waals surface area contributed by atoms with Gasteiger partial charge in [0.25, 0.3) is 5.91 Å². The normalized spacial score (nSPS) is 18.5. The second kappa shape index (κ2) is 9.02. The van der Waals surface area contributed by atoms with Crippen molar-refractivity contribution in [2.24, 2.45) is 5.92 Å². The number of nitrogens with zero attached hydrogens (tertiary/aromatic N) is 3. The van der Waals surface area contributed by atoms with Gasteiger partial charge in [-0.1, -0.05) is 25.4 Å². The number of benzene rings is 1. The summed E-state index contributed by atoms with van der Waals surface area (Å²) in [7, 11) is -3.62. The van der Waals surface area contributed by atoms with Gasteiger partial charge < -0.3 is 9.80 Å². The van der Waals surface area contributed by atoms with E-state index in [0.29, 0.717) is 51.6 Å². The molecule has 2 amide bonds. The SMILES string of the molecule is CC(C)CC(=O)N1CCN(C(=O)c2cc(S(=O)(=O)N3CCCC3)ccc2Cl)CC1. The summed E-state index contributed by atoms with van der Waals surface area (Å²) < 4.78 is 27.1. The number of carbonyl (C=O) groups is 2. The van der Waals surface area contributed by atoms with Crippen LogP contribution in [0.3, 0.4) is 0 Å². The van der Waals surface area contributed by atoms with Crippen LogP contribution in [0, 0.1) is 5.92 Å². The summed E-state index contributed by atoms with van der Waals surface area (Å²) in [6.45, 7) is 6.76. The third-order valence-electron chi connectivity index (χ3n) is 5.37. The Balaban J connectivity index is 1.72. The van der Waals surface area contributed by atoms with E-state index in [1.165, 1.54) is 22.5 Å². The molecule has 0 aliphatic carbocycles. The number of hydrogen-bond acceptors (Lipinski definition) is 4. The number of piperazine rings is 1. The highest BCUT2D eigenvalue weighted by molar-refractivity contribution is 7.89. The molecule has 2 aliphatic heterocycles. The molecule has 0 N–H and O–H groups in total. The lowest BCUT2D eigenvalue weighted by atomic mass is 10.1. The van der Waals surface area contributed by atoms with Crippen LogP contribution in [-0.2, 0) is 14.8 Å². The Morgan fingerprint density at radius 3 is 2.17 bits per heavy atom.